The monoisotopic (exact) mass is 443 g/mol. The Labute approximate surface area is 191 Å². The van der Waals surface area contributed by atoms with E-state index in [0.29, 0.717) is 22.5 Å². The quantitative estimate of drug-likeness (QED) is 0.535. The number of hydrogen-bond acceptors (Lipinski definition) is 5. The van der Waals surface area contributed by atoms with Crippen LogP contribution in [0.2, 0.25) is 0 Å². The van der Waals surface area contributed by atoms with E-state index in [-0.39, 0.29) is 24.0 Å². The fraction of sp³-hybridized carbons (Fsp3) is 0.192. The van der Waals surface area contributed by atoms with Crippen molar-refractivity contribution in [1.82, 2.24) is 5.32 Å². The predicted octanol–water partition coefficient (Wildman–Crippen LogP) is 3.37. The summed E-state index contributed by atoms with van der Waals surface area (Å²) in [5.74, 6) is -1.75. The van der Waals surface area contributed by atoms with Crippen molar-refractivity contribution >= 4 is 29.1 Å². The van der Waals surface area contributed by atoms with Gasteiger partial charge in [-0.3, -0.25) is 14.4 Å². The zero-order chi connectivity index (χ0) is 23.7. The number of benzene rings is 3. The molecule has 3 aromatic carbocycles. The van der Waals surface area contributed by atoms with E-state index in [1.807, 2.05) is 24.3 Å². The van der Waals surface area contributed by atoms with Gasteiger partial charge in [0.15, 0.2) is 0 Å². The van der Waals surface area contributed by atoms with Crippen LogP contribution in [0.25, 0.3) is 11.1 Å². The van der Waals surface area contributed by atoms with Crippen LogP contribution in [0.3, 0.4) is 0 Å². The first-order chi connectivity index (χ1) is 15.8. The van der Waals surface area contributed by atoms with E-state index in [4.69, 9.17) is 5.73 Å². The highest BCUT2D eigenvalue weighted by atomic mass is 16.3. The van der Waals surface area contributed by atoms with E-state index in [1.54, 1.807) is 44.2 Å². The van der Waals surface area contributed by atoms with E-state index in [0.717, 1.165) is 16.0 Å². The van der Waals surface area contributed by atoms with E-state index in [9.17, 15) is 19.5 Å². The highest BCUT2D eigenvalue weighted by molar-refractivity contribution is 6.22. The molecule has 1 heterocycles. The molecule has 7 heteroatoms. The molecule has 4 rings (SSSR count). The Morgan fingerprint density at radius 3 is 2.48 bits per heavy atom. The smallest absolute Gasteiger partial charge is 0.256 e. The van der Waals surface area contributed by atoms with Crippen molar-refractivity contribution in [3.8, 4) is 16.9 Å². The van der Waals surface area contributed by atoms with Crippen molar-refractivity contribution in [3.05, 3.63) is 77.9 Å². The Morgan fingerprint density at radius 1 is 1.06 bits per heavy atom. The third kappa shape index (κ3) is 4.17. The summed E-state index contributed by atoms with van der Waals surface area (Å²) in [4.78, 5) is 40.6. The second-order valence-electron chi connectivity index (χ2n) is 8.19. The summed E-state index contributed by atoms with van der Waals surface area (Å²) in [6, 6.07) is 17.9. The zero-order valence-electron chi connectivity index (χ0n) is 18.4. The number of carbonyl (C=O) groups excluding carboxylic acids is 3. The van der Waals surface area contributed by atoms with Gasteiger partial charge in [-0.1, -0.05) is 42.5 Å². The van der Waals surface area contributed by atoms with Gasteiger partial charge >= 0.3 is 0 Å². The molecule has 4 N–H and O–H groups in total. The first kappa shape index (κ1) is 22.1. The van der Waals surface area contributed by atoms with Crippen molar-refractivity contribution in [3.63, 3.8) is 0 Å². The molecule has 1 unspecified atom stereocenters. The average molecular weight is 444 g/mol. The van der Waals surface area contributed by atoms with Crippen LogP contribution in [-0.2, 0) is 20.8 Å². The van der Waals surface area contributed by atoms with E-state index >= 15 is 0 Å². The van der Waals surface area contributed by atoms with Crippen LogP contribution in [0.5, 0.6) is 5.75 Å². The average Bonchev–Trinajstić information content (AvgIpc) is 2.89. The standard InChI is InChI=1S/C26H25N3O4/c1-15-19-6-3-4-7-20(19)24-21(27)8-5-9-22(24)29(25(15)32)26(33)16(2)28-23(31)14-17-10-12-18(30)13-11-17/h3-13,15-16,30H,14,27H2,1-2H3,(H,28,31)/t15?,16-/m0/s1. The Balaban J connectivity index is 1.64. The second kappa shape index (κ2) is 8.78. The molecule has 1 aliphatic heterocycles. The fourth-order valence-corrected chi connectivity index (χ4v) is 4.16. The first-order valence-corrected chi connectivity index (χ1v) is 10.7. The second-order valence-corrected chi connectivity index (χ2v) is 8.19. The fourth-order valence-electron chi connectivity index (χ4n) is 4.16. The maximum absolute atomic E-state index is 13.5. The SMILES string of the molecule is CC1C(=O)N(C(=O)[C@H](C)NC(=O)Cc2ccc(O)cc2)c2cccc(N)c2-c2ccccc21. The van der Waals surface area contributed by atoms with Crippen LogP contribution in [-0.4, -0.2) is 28.9 Å². The summed E-state index contributed by atoms with van der Waals surface area (Å²) in [6.07, 6.45) is 0.0389. The number of phenolic OH excluding ortho intramolecular Hbond substituents is 1. The number of anilines is 2. The van der Waals surface area contributed by atoms with Crippen LogP contribution in [0.4, 0.5) is 11.4 Å². The Bertz CT molecular complexity index is 1240. The lowest BCUT2D eigenvalue weighted by molar-refractivity contribution is -0.131. The number of rotatable bonds is 4. The number of nitrogen functional groups attached to an aromatic ring is 1. The maximum Gasteiger partial charge on any atom is 0.256 e. The van der Waals surface area contributed by atoms with Gasteiger partial charge in [0.2, 0.25) is 11.8 Å². The van der Waals surface area contributed by atoms with Gasteiger partial charge in [-0.05, 0) is 54.8 Å². The predicted molar refractivity (Wildman–Crippen MR) is 127 cm³/mol. The molecule has 0 radical (unpaired) electrons. The third-order valence-corrected chi connectivity index (χ3v) is 5.87. The summed E-state index contributed by atoms with van der Waals surface area (Å²) < 4.78 is 0. The van der Waals surface area contributed by atoms with Crippen molar-refractivity contribution in [2.45, 2.75) is 32.2 Å². The van der Waals surface area contributed by atoms with Crippen LogP contribution in [0, 0.1) is 0 Å². The number of nitrogens with two attached hydrogens (primary N) is 1. The number of imide groups is 1. The van der Waals surface area contributed by atoms with Crippen molar-refractivity contribution < 1.29 is 19.5 Å². The normalized spacial score (nSPS) is 15.8. The van der Waals surface area contributed by atoms with Crippen molar-refractivity contribution in [1.29, 1.82) is 0 Å². The number of aromatic hydroxyl groups is 1. The number of amides is 3. The molecule has 33 heavy (non-hydrogen) atoms. The molecule has 3 aromatic rings. The first-order valence-electron chi connectivity index (χ1n) is 10.7. The molecule has 0 saturated heterocycles. The Hall–Kier alpha value is -4.13. The Morgan fingerprint density at radius 2 is 1.76 bits per heavy atom. The molecule has 0 saturated carbocycles. The lowest BCUT2D eigenvalue weighted by atomic mass is 9.92. The number of hydrogen-bond donors (Lipinski definition) is 3. The van der Waals surface area contributed by atoms with Crippen LogP contribution < -0.4 is 16.0 Å². The molecule has 168 valence electrons. The van der Waals surface area contributed by atoms with Crippen molar-refractivity contribution in [2.75, 3.05) is 10.6 Å². The molecule has 0 spiro atoms. The molecular weight excluding hydrogens is 418 g/mol. The number of phenols is 1. The number of nitrogens with one attached hydrogen (secondary N) is 1. The van der Waals surface area contributed by atoms with Crippen molar-refractivity contribution in [2.24, 2.45) is 0 Å². The van der Waals surface area contributed by atoms with Gasteiger partial charge < -0.3 is 16.2 Å². The molecule has 0 bridgehead atoms. The summed E-state index contributed by atoms with van der Waals surface area (Å²) in [6.45, 7) is 3.32. The zero-order valence-corrected chi connectivity index (χ0v) is 18.4. The van der Waals surface area contributed by atoms with Gasteiger partial charge in [0.1, 0.15) is 11.8 Å². The number of nitrogens with zero attached hydrogens (tertiary/aromatic N) is 1. The molecule has 3 amide bonds. The van der Waals surface area contributed by atoms with E-state index in [1.165, 1.54) is 12.1 Å². The lowest BCUT2D eigenvalue weighted by Gasteiger charge is -2.26. The van der Waals surface area contributed by atoms with E-state index in [2.05, 4.69) is 5.32 Å². The molecule has 0 aliphatic carbocycles. The van der Waals surface area contributed by atoms with Gasteiger partial charge in [0, 0.05) is 11.3 Å². The van der Waals surface area contributed by atoms with Crippen LogP contribution in [0.1, 0.15) is 30.9 Å². The minimum absolute atomic E-state index is 0.0389. The largest absolute Gasteiger partial charge is 0.508 e. The van der Waals surface area contributed by atoms with Crippen LogP contribution >= 0.6 is 0 Å². The third-order valence-electron chi connectivity index (χ3n) is 5.87. The maximum atomic E-state index is 13.5. The topological polar surface area (TPSA) is 113 Å². The minimum Gasteiger partial charge on any atom is -0.508 e. The molecule has 0 fully saturated rings. The number of carbonyl (C=O) groups is 3. The van der Waals surface area contributed by atoms with E-state index < -0.39 is 17.9 Å². The molecule has 0 aromatic heterocycles. The van der Waals surface area contributed by atoms with Gasteiger partial charge in [-0.25, -0.2) is 4.90 Å². The minimum atomic E-state index is -0.943. The lowest BCUT2D eigenvalue weighted by Crippen LogP contribution is -2.50. The summed E-state index contributed by atoms with van der Waals surface area (Å²) in [7, 11) is 0. The molecule has 1 aliphatic rings. The summed E-state index contributed by atoms with van der Waals surface area (Å²) in [5.41, 5.74) is 10.1. The molecule has 2 atom stereocenters. The van der Waals surface area contributed by atoms with Gasteiger partial charge in [0.25, 0.3) is 5.91 Å². The molecular formula is C26H25N3O4. The molecule has 7 nitrogen and oxygen atoms in total. The van der Waals surface area contributed by atoms with Gasteiger partial charge in [0.05, 0.1) is 18.0 Å². The summed E-state index contributed by atoms with van der Waals surface area (Å²) >= 11 is 0. The number of fused-ring (bicyclic) bond motifs is 3. The summed E-state index contributed by atoms with van der Waals surface area (Å²) in [5, 5.41) is 12.1. The van der Waals surface area contributed by atoms with Gasteiger partial charge in [-0.15, -0.1) is 0 Å². The van der Waals surface area contributed by atoms with Crippen LogP contribution in [0.15, 0.2) is 66.7 Å². The Kier molecular flexibility index (Phi) is 5.87. The highest BCUT2D eigenvalue weighted by Crippen LogP contribution is 2.44. The van der Waals surface area contributed by atoms with Gasteiger partial charge in [-0.2, -0.15) is 0 Å². The highest BCUT2D eigenvalue weighted by Gasteiger charge is 2.37.